The van der Waals surface area contributed by atoms with E-state index in [4.69, 9.17) is 34.3 Å². The zero-order valence-electron chi connectivity index (χ0n) is 6.63. The Morgan fingerprint density at radius 1 is 1.38 bits per heavy atom. The smallest absolute Gasteiger partial charge is 0.152 e. The Bertz CT molecular complexity index is 300. The number of alkyl halides is 1. The van der Waals surface area contributed by atoms with E-state index in [9.17, 15) is 0 Å². The minimum Gasteiger partial charge on any atom is -0.379 e. The van der Waals surface area contributed by atoms with Crippen molar-refractivity contribution < 1.29 is 0 Å². The van der Waals surface area contributed by atoms with Gasteiger partial charge in [0.05, 0.1) is 0 Å². The Labute approximate surface area is 90.9 Å². The SMILES string of the molecule is N=C(N)SC(Cl)c1ccc(Cl)cc1. The number of amidine groups is 1. The highest BCUT2D eigenvalue weighted by molar-refractivity contribution is 8.14. The van der Waals surface area contributed by atoms with Gasteiger partial charge in [0.1, 0.15) is 4.71 Å². The van der Waals surface area contributed by atoms with Crippen molar-refractivity contribution in [2.75, 3.05) is 0 Å². The van der Waals surface area contributed by atoms with Crippen molar-refractivity contribution >= 4 is 40.1 Å². The predicted molar refractivity (Wildman–Crippen MR) is 59.6 cm³/mol. The lowest BCUT2D eigenvalue weighted by Crippen LogP contribution is -2.05. The maximum Gasteiger partial charge on any atom is 0.152 e. The standard InChI is InChI=1S/C8H8Cl2N2S/c9-6-3-1-5(2-4-6)7(10)13-8(11)12/h1-4,7H,(H3,11,12). The molecule has 2 nitrogen and oxygen atoms in total. The fourth-order valence-corrected chi connectivity index (χ4v) is 1.87. The molecule has 0 saturated carbocycles. The van der Waals surface area contributed by atoms with E-state index < -0.39 is 0 Å². The van der Waals surface area contributed by atoms with Gasteiger partial charge in [-0.05, 0) is 17.7 Å². The molecule has 13 heavy (non-hydrogen) atoms. The minimum atomic E-state index is -0.324. The second kappa shape index (κ2) is 4.74. The van der Waals surface area contributed by atoms with Crippen LogP contribution in [0.1, 0.15) is 10.3 Å². The first-order valence-electron chi connectivity index (χ1n) is 3.50. The van der Waals surface area contributed by atoms with Gasteiger partial charge in [-0.3, -0.25) is 5.41 Å². The van der Waals surface area contributed by atoms with Crippen LogP contribution in [0, 0.1) is 5.41 Å². The molecule has 0 amide bonds. The Balaban J connectivity index is 2.71. The maximum atomic E-state index is 7.05. The van der Waals surface area contributed by atoms with E-state index in [0.717, 1.165) is 17.3 Å². The van der Waals surface area contributed by atoms with Crippen LogP contribution in [-0.2, 0) is 0 Å². The Morgan fingerprint density at radius 3 is 2.38 bits per heavy atom. The van der Waals surface area contributed by atoms with E-state index in [2.05, 4.69) is 0 Å². The second-order valence-corrected chi connectivity index (χ2v) is 4.63. The molecule has 1 aromatic rings. The molecule has 5 heteroatoms. The van der Waals surface area contributed by atoms with Gasteiger partial charge < -0.3 is 5.73 Å². The van der Waals surface area contributed by atoms with E-state index in [0.29, 0.717) is 5.02 Å². The van der Waals surface area contributed by atoms with Gasteiger partial charge in [0.15, 0.2) is 5.17 Å². The third kappa shape index (κ3) is 3.46. The van der Waals surface area contributed by atoms with Gasteiger partial charge in [-0.2, -0.15) is 0 Å². The van der Waals surface area contributed by atoms with Crippen molar-refractivity contribution in [3.63, 3.8) is 0 Å². The van der Waals surface area contributed by atoms with Crippen molar-refractivity contribution in [1.29, 1.82) is 5.41 Å². The molecule has 0 aromatic heterocycles. The average molecular weight is 235 g/mol. The van der Waals surface area contributed by atoms with E-state index in [-0.39, 0.29) is 9.88 Å². The Morgan fingerprint density at radius 2 is 1.92 bits per heavy atom. The second-order valence-electron chi connectivity index (χ2n) is 2.35. The molecule has 1 unspecified atom stereocenters. The quantitative estimate of drug-likeness (QED) is 0.469. The first-order valence-corrected chi connectivity index (χ1v) is 5.19. The first-order chi connectivity index (χ1) is 6.09. The summed E-state index contributed by atoms with van der Waals surface area (Å²) in [6.45, 7) is 0. The third-order valence-electron chi connectivity index (χ3n) is 1.36. The molecule has 0 spiro atoms. The van der Waals surface area contributed by atoms with Crippen LogP contribution in [0.2, 0.25) is 5.02 Å². The van der Waals surface area contributed by atoms with Crippen molar-refractivity contribution in [2.24, 2.45) is 5.73 Å². The number of rotatable bonds is 2. The molecule has 1 atom stereocenters. The van der Waals surface area contributed by atoms with Crippen LogP contribution in [0.4, 0.5) is 0 Å². The molecule has 1 aromatic carbocycles. The van der Waals surface area contributed by atoms with Crippen LogP contribution >= 0.6 is 35.0 Å². The van der Waals surface area contributed by atoms with Crippen LogP contribution in [0.3, 0.4) is 0 Å². The summed E-state index contributed by atoms with van der Waals surface area (Å²) < 4.78 is -0.324. The number of benzene rings is 1. The summed E-state index contributed by atoms with van der Waals surface area (Å²) >= 11 is 12.8. The summed E-state index contributed by atoms with van der Waals surface area (Å²) in [6, 6.07) is 7.14. The number of hydrogen-bond donors (Lipinski definition) is 2. The molecule has 3 N–H and O–H groups in total. The van der Waals surface area contributed by atoms with Gasteiger partial charge in [0.2, 0.25) is 0 Å². The van der Waals surface area contributed by atoms with E-state index >= 15 is 0 Å². The highest BCUT2D eigenvalue weighted by atomic mass is 35.5. The fourth-order valence-electron chi connectivity index (χ4n) is 0.794. The van der Waals surface area contributed by atoms with Gasteiger partial charge in [0.25, 0.3) is 0 Å². The highest BCUT2D eigenvalue weighted by Crippen LogP contribution is 2.32. The molecule has 70 valence electrons. The number of nitrogens with two attached hydrogens (primary N) is 1. The summed E-state index contributed by atoms with van der Waals surface area (Å²) in [7, 11) is 0. The number of hydrogen-bond acceptors (Lipinski definition) is 2. The number of thioether (sulfide) groups is 1. The summed E-state index contributed by atoms with van der Waals surface area (Å²) in [5, 5.41) is 7.72. The van der Waals surface area contributed by atoms with Crippen LogP contribution in [0.5, 0.6) is 0 Å². The largest absolute Gasteiger partial charge is 0.379 e. The minimum absolute atomic E-state index is 0.00921. The van der Waals surface area contributed by atoms with Crippen molar-refractivity contribution in [3.05, 3.63) is 34.9 Å². The molecule has 0 fully saturated rings. The number of nitrogens with one attached hydrogen (secondary N) is 1. The van der Waals surface area contributed by atoms with Crippen LogP contribution in [0.15, 0.2) is 24.3 Å². The van der Waals surface area contributed by atoms with Crippen LogP contribution in [-0.4, -0.2) is 5.17 Å². The molecule has 0 radical (unpaired) electrons. The summed E-state index contributed by atoms with van der Waals surface area (Å²) in [6.07, 6.45) is 0. The highest BCUT2D eigenvalue weighted by Gasteiger charge is 2.09. The Hall–Kier alpha value is -0.380. The van der Waals surface area contributed by atoms with Gasteiger partial charge in [0, 0.05) is 5.02 Å². The van der Waals surface area contributed by atoms with Gasteiger partial charge in [-0.25, -0.2) is 0 Å². The van der Waals surface area contributed by atoms with Crippen LogP contribution in [0.25, 0.3) is 0 Å². The zero-order valence-corrected chi connectivity index (χ0v) is 8.96. The van der Waals surface area contributed by atoms with Crippen LogP contribution < -0.4 is 5.73 Å². The zero-order chi connectivity index (χ0) is 9.84. The molecular weight excluding hydrogens is 227 g/mol. The normalized spacial score (nSPS) is 12.5. The molecule has 0 aliphatic carbocycles. The summed E-state index contributed by atoms with van der Waals surface area (Å²) in [4.78, 5) is 0. The maximum absolute atomic E-state index is 7.05. The molecule has 0 aliphatic heterocycles. The molecule has 0 saturated heterocycles. The first kappa shape index (κ1) is 10.7. The monoisotopic (exact) mass is 234 g/mol. The van der Waals surface area contributed by atoms with Gasteiger partial charge in [-0.1, -0.05) is 35.5 Å². The van der Waals surface area contributed by atoms with Crippen molar-refractivity contribution in [2.45, 2.75) is 4.71 Å². The van der Waals surface area contributed by atoms with E-state index in [1.807, 2.05) is 12.1 Å². The molecule has 0 aliphatic rings. The Kier molecular flexibility index (Phi) is 3.90. The number of halogens is 2. The molecule has 0 heterocycles. The topological polar surface area (TPSA) is 49.9 Å². The van der Waals surface area contributed by atoms with Gasteiger partial charge >= 0.3 is 0 Å². The third-order valence-corrected chi connectivity index (χ3v) is 2.87. The van der Waals surface area contributed by atoms with Crippen molar-refractivity contribution in [1.82, 2.24) is 0 Å². The van der Waals surface area contributed by atoms with Crippen molar-refractivity contribution in [3.8, 4) is 0 Å². The van der Waals surface area contributed by atoms with E-state index in [1.54, 1.807) is 12.1 Å². The lowest BCUT2D eigenvalue weighted by atomic mass is 10.2. The summed E-state index contributed by atoms with van der Waals surface area (Å²) in [5.41, 5.74) is 6.09. The van der Waals surface area contributed by atoms with E-state index in [1.165, 1.54) is 0 Å². The fraction of sp³-hybridized carbons (Fsp3) is 0.125. The lowest BCUT2D eigenvalue weighted by molar-refractivity contribution is 1.37. The molecular formula is C8H8Cl2N2S. The predicted octanol–water partition coefficient (Wildman–Crippen LogP) is 3.20. The van der Waals surface area contributed by atoms with Gasteiger partial charge in [-0.15, -0.1) is 11.6 Å². The summed E-state index contributed by atoms with van der Waals surface area (Å²) in [5.74, 6) is 0. The lowest BCUT2D eigenvalue weighted by Gasteiger charge is -2.07. The molecule has 1 rings (SSSR count). The molecule has 0 bridgehead atoms. The average Bonchev–Trinajstić information content (AvgIpc) is 2.04.